The molecule has 2 aromatic rings. The zero-order chi connectivity index (χ0) is 13.8. The number of hydrogen-bond acceptors (Lipinski definition) is 1. The predicted molar refractivity (Wildman–Crippen MR) is 81.6 cm³/mol. The van der Waals surface area contributed by atoms with Crippen molar-refractivity contribution in [2.24, 2.45) is 0 Å². The summed E-state index contributed by atoms with van der Waals surface area (Å²) in [5.41, 5.74) is 5.96. The number of hydrogen-bond donors (Lipinski definition) is 2. The average Bonchev–Trinajstić information content (AvgIpc) is 2.64. The van der Waals surface area contributed by atoms with Crippen molar-refractivity contribution in [3.8, 4) is 0 Å². The number of aromatic amines is 1. The Bertz CT molecular complexity index is 626. The highest BCUT2D eigenvalue weighted by Crippen LogP contribution is 2.33. The Morgan fingerprint density at radius 1 is 1.16 bits per heavy atom. The lowest BCUT2D eigenvalue weighted by Gasteiger charge is -2.31. The fourth-order valence-corrected chi connectivity index (χ4v) is 2.95. The zero-order valence-electron chi connectivity index (χ0n) is 12.6. The van der Waals surface area contributed by atoms with Crippen molar-refractivity contribution in [1.29, 1.82) is 0 Å². The third kappa shape index (κ3) is 2.18. The Kier molecular flexibility index (Phi) is 2.59. The maximum atomic E-state index is 3.59. The van der Waals surface area contributed by atoms with Crippen LogP contribution in [0, 0.1) is 0 Å². The highest BCUT2D eigenvalue weighted by Gasteiger charge is 2.27. The number of rotatable bonds is 0. The largest absolute Gasteiger partial charge is 0.357 e. The average molecular weight is 256 g/mol. The van der Waals surface area contributed by atoms with Gasteiger partial charge in [-0.2, -0.15) is 0 Å². The van der Waals surface area contributed by atoms with Gasteiger partial charge in [-0.05, 0) is 48.9 Å². The van der Waals surface area contributed by atoms with E-state index >= 15 is 0 Å². The second-order valence-electron chi connectivity index (χ2n) is 7.51. The van der Waals surface area contributed by atoms with Gasteiger partial charge in [-0.15, -0.1) is 0 Å². The lowest BCUT2D eigenvalue weighted by atomic mass is 9.84. The van der Waals surface area contributed by atoms with Crippen LogP contribution in [0.1, 0.15) is 51.4 Å². The molecule has 0 amide bonds. The third-order valence-corrected chi connectivity index (χ3v) is 4.22. The highest BCUT2D eigenvalue weighted by molar-refractivity contribution is 5.86. The van der Waals surface area contributed by atoms with Gasteiger partial charge < -0.3 is 10.3 Å². The van der Waals surface area contributed by atoms with E-state index in [2.05, 4.69) is 63.1 Å². The quantitative estimate of drug-likeness (QED) is 0.735. The van der Waals surface area contributed by atoms with E-state index in [-0.39, 0.29) is 11.0 Å². The van der Waals surface area contributed by atoms with Crippen molar-refractivity contribution in [1.82, 2.24) is 10.3 Å². The molecular weight excluding hydrogens is 232 g/mol. The minimum Gasteiger partial charge on any atom is -0.357 e. The van der Waals surface area contributed by atoms with E-state index < -0.39 is 0 Å². The van der Waals surface area contributed by atoms with Crippen LogP contribution in [0.5, 0.6) is 0 Å². The number of fused-ring (bicyclic) bond motifs is 3. The zero-order valence-corrected chi connectivity index (χ0v) is 12.6. The van der Waals surface area contributed by atoms with Gasteiger partial charge in [-0.1, -0.05) is 26.8 Å². The van der Waals surface area contributed by atoms with E-state index in [0.29, 0.717) is 0 Å². The van der Waals surface area contributed by atoms with Crippen LogP contribution >= 0.6 is 0 Å². The molecule has 1 aliphatic heterocycles. The molecule has 0 spiro atoms. The van der Waals surface area contributed by atoms with Crippen LogP contribution in [0.2, 0.25) is 0 Å². The molecule has 3 rings (SSSR count). The minimum atomic E-state index is 0.194. The van der Waals surface area contributed by atoms with E-state index in [1.54, 1.807) is 0 Å². The van der Waals surface area contributed by atoms with Gasteiger partial charge >= 0.3 is 0 Å². The first-order valence-electron chi connectivity index (χ1n) is 7.15. The summed E-state index contributed by atoms with van der Waals surface area (Å²) in [6.45, 7) is 12.3. The summed E-state index contributed by atoms with van der Waals surface area (Å²) in [5.74, 6) is 0. The van der Waals surface area contributed by atoms with Crippen LogP contribution in [-0.2, 0) is 18.4 Å². The highest BCUT2D eigenvalue weighted by atomic mass is 15.0. The molecule has 0 saturated heterocycles. The summed E-state index contributed by atoms with van der Waals surface area (Å²) in [7, 11) is 0. The summed E-state index contributed by atoms with van der Waals surface area (Å²) in [6.07, 6.45) is 1.09. The molecule has 2 nitrogen and oxygen atoms in total. The molecule has 0 fully saturated rings. The van der Waals surface area contributed by atoms with Gasteiger partial charge in [0.05, 0.1) is 0 Å². The standard InChI is InChI=1S/C17H24N2/c1-16(2,3)11-6-7-14-12(8-11)13-9-17(4,5)18-10-15(13)19-14/h6-8,18-19H,9-10H2,1-5H3. The van der Waals surface area contributed by atoms with E-state index in [1.165, 1.54) is 27.7 Å². The molecule has 0 radical (unpaired) electrons. The van der Waals surface area contributed by atoms with E-state index in [9.17, 15) is 0 Å². The monoisotopic (exact) mass is 256 g/mol. The fraction of sp³-hybridized carbons (Fsp3) is 0.529. The fourth-order valence-electron chi connectivity index (χ4n) is 2.95. The van der Waals surface area contributed by atoms with Crippen molar-refractivity contribution < 1.29 is 0 Å². The SMILES string of the molecule is CC1(C)Cc2c([nH]c3ccc(C(C)(C)C)cc23)CN1. The topological polar surface area (TPSA) is 27.8 Å². The molecule has 102 valence electrons. The van der Waals surface area contributed by atoms with Crippen LogP contribution in [0.15, 0.2) is 18.2 Å². The maximum Gasteiger partial charge on any atom is 0.0459 e. The van der Waals surface area contributed by atoms with Crippen LogP contribution < -0.4 is 5.32 Å². The molecule has 2 heteroatoms. The first-order chi connectivity index (χ1) is 8.76. The summed E-state index contributed by atoms with van der Waals surface area (Å²) < 4.78 is 0. The Hall–Kier alpha value is -1.28. The van der Waals surface area contributed by atoms with Crippen LogP contribution in [-0.4, -0.2) is 10.5 Å². The van der Waals surface area contributed by atoms with Gasteiger partial charge in [0.2, 0.25) is 0 Å². The molecule has 0 unspecified atom stereocenters. The maximum absolute atomic E-state index is 3.59. The summed E-state index contributed by atoms with van der Waals surface area (Å²) >= 11 is 0. The molecule has 1 aliphatic rings. The summed E-state index contributed by atoms with van der Waals surface area (Å²) in [6, 6.07) is 6.87. The van der Waals surface area contributed by atoms with Gasteiger partial charge in [0.25, 0.3) is 0 Å². The van der Waals surface area contributed by atoms with Crippen LogP contribution in [0.4, 0.5) is 0 Å². The number of aromatic nitrogens is 1. The Labute approximate surface area is 115 Å². The normalized spacial score (nSPS) is 18.6. The van der Waals surface area contributed by atoms with E-state index in [1.807, 2.05) is 0 Å². The minimum absolute atomic E-state index is 0.194. The molecule has 0 bridgehead atoms. The smallest absolute Gasteiger partial charge is 0.0459 e. The van der Waals surface area contributed by atoms with Gasteiger partial charge in [0.15, 0.2) is 0 Å². The lowest BCUT2D eigenvalue weighted by Crippen LogP contribution is -2.44. The molecule has 1 aromatic carbocycles. The molecular formula is C17H24N2. The molecule has 0 aliphatic carbocycles. The van der Waals surface area contributed by atoms with E-state index in [4.69, 9.17) is 0 Å². The lowest BCUT2D eigenvalue weighted by molar-refractivity contribution is 0.361. The molecule has 2 N–H and O–H groups in total. The molecule has 19 heavy (non-hydrogen) atoms. The van der Waals surface area contributed by atoms with Crippen molar-refractivity contribution in [3.05, 3.63) is 35.0 Å². The summed E-state index contributed by atoms with van der Waals surface area (Å²) in [4.78, 5) is 3.57. The number of benzene rings is 1. The second kappa shape index (κ2) is 3.86. The van der Waals surface area contributed by atoms with Crippen molar-refractivity contribution in [2.75, 3.05) is 0 Å². The van der Waals surface area contributed by atoms with E-state index in [0.717, 1.165) is 13.0 Å². The Balaban J connectivity index is 2.18. The predicted octanol–water partition coefficient (Wildman–Crippen LogP) is 3.89. The number of H-pyrrole nitrogens is 1. The molecule has 1 aromatic heterocycles. The first-order valence-corrected chi connectivity index (χ1v) is 7.15. The van der Waals surface area contributed by atoms with Crippen molar-refractivity contribution in [2.45, 2.75) is 58.5 Å². The van der Waals surface area contributed by atoms with Gasteiger partial charge in [0.1, 0.15) is 0 Å². The first kappa shape index (κ1) is 12.7. The second-order valence-corrected chi connectivity index (χ2v) is 7.51. The van der Waals surface area contributed by atoms with Crippen LogP contribution in [0.3, 0.4) is 0 Å². The number of nitrogens with one attached hydrogen (secondary N) is 2. The van der Waals surface area contributed by atoms with Crippen LogP contribution in [0.25, 0.3) is 10.9 Å². The van der Waals surface area contributed by atoms with Crippen molar-refractivity contribution in [3.63, 3.8) is 0 Å². The summed E-state index contributed by atoms with van der Waals surface area (Å²) in [5, 5.41) is 5.00. The molecule has 2 heterocycles. The Morgan fingerprint density at radius 2 is 1.89 bits per heavy atom. The molecule has 0 saturated carbocycles. The van der Waals surface area contributed by atoms with Crippen molar-refractivity contribution >= 4 is 10.9 Å². The third-order valence-electron chi connectivity index (χ3n) is 4.22. The van der Waals surface area contributed by atoms with Gasteiger partial charge in [-0.25, -0.2) is 0 Å². The Morgan fingerprint density at radius 3 is 2.58 bits per heavy atom. The van der Waals surface area contributed by atoms with Gasteiger partial charge in [-0.3, -0.25) is 0 Å². The molecule has 0 atom stereocenters. The van der Waals surface area contributed by atoms with Gasteiger partial charge in [0, 0.05) is 28.7 Å².